The molecule has 0 aromatic heterocycles. The highest BCUT2D eigenvalue weighted by molar-refractivity contribution is 5.92. The van der Waals surface area contributed by atoms with Gasteiger partial charge < -0.3 is 33.2 Å². The van der Waals surface area contributed by atoms with E-state index in [2.05, 4.69) is 13.2 Å². The normalized spacial score (nSPS) is 10.4. The zero-order valence-electron chi connectivity index (χ0n) is 32.1. The summed E-state index contributed by atoms with van der Waals surface area (Å²) in [5.74, 6) is -0.303. The van der Waals surface area contributed by atoms with Gasteiger partial charge in [0, 0.05) is 18.1 Å². The van der Waals surface area contributed by atoms with Crippen LogP contribution in [0.2, 0.25) is 0 Å². The Bertz CT molecular complexity index is 1700. The molecule has 0 amide bonds. The van der Waals surface area contributed by atoms with Crippen molar-refractivity contribution in [2.75, 3.05) is 33.0 Å². The molecule has 0 atom stereocenters. The Balaban J connectivity index is 1.24. The van der Waals surface area contributed by atoms with Crippen LogP contribution in [0, 0.1) is 0 Å². The number of rotatable bonds is 27. The van der Waals surface area contributed by atoms with E-state index in [-0.39, 0.29) is 12.6 Å². The van der Waals surface area contributed by atoms with Crippen LogP contribution < -0.4 is 18.9 Å². The minimum atomic E-state index is -0.542. The van der Waals surface area contributed by atoms with Crippen LogP contribution in [-0.4, -0.2) is 62.9 Å². The molecule has 3 rings (SSSR count). The number of ether oxygens (including phenoxy) is 7. The molecule has 0 radical (unpaired) electrons. The van der Waals surface area contributed by atoms with Gasteiger partial charge in [-0.05, 0) is 144 Å². The van der Waals surface area contributed by atoms with Crippen molar-refractivity contribution in [1.29, 1.82) is 0 Å². The van der Waals surface area contributed by atoms with Crippen LogP contribution in [0.3, 0.4) is 0 Å². The molecular weight excluding hydrogens is 720 g/mol. The van der Waals surface area contributed by atoms with Gasteiger partial charge in [-0.15, -0.1) is 0 Å². The third-order valence-corrected chi connectivity index (χ3v) is 8.07. The van der Waals surface area contributed by atoms with E-state index in [0.29, 0.717) is 85.4 Å². The molecule has 12 heteroatoms. The molecule has 0 N–H and O–H groups in total. The van der Waals surface area contributed by atoms with Crippen molar-refractivity contribution in [3.8, 4) is 23.0 Å². The lowest BCUT2D eigenvalue weighted by atomic mass is 10.2. The number of esters is 5. The second-order valence-corrected chi connectivity index (χ2v) is 12.8. The van der Waals surface area contributed by atoms with E-state index >= 15 is 0 Å². The van der Waals surface area contributed by atoms with Crippen molar-refractivity contribution in [3.63, 3.8) is 0 Å². The van der Waals surface area contributed by atoms with Crippen LogP contribution in [0.5, 0.6) is 23.0 Å². The van der Waals surface area contributed by atoms with E-state index in [0.717, 1.165) is 57.4 Å². The molecule has 0 fully saturated rings. The van der Waals surface area contributed by atoms with E-state index < -0.39 is 23.9 Å². The summed E-state index contributed by atoms with van der Waals surface area (Å²) in [4.78, 5) is 59.5. The molecule has 0 saturated carbocycles. The van der Waals surface area contributed by atoms with Crippen LogP contribution in [0.25, 0.3) is 0 Å². The van der Waals surface area contributed by atoms with E-state index in [4.69, 9.17) is 33.2 Å². The third-order valence-electron chi connectivity index (χ3n) is 8.07. The first-order valence-corrected chi connectivity index (χ1v) is 18.9. The quantitative estimate of drug-likeness (QED) is 0.0240. The van der Waals surface area contributed by atoms with E-state index in [1.165, 1.54) is 0 Å². The van der Waals surface area contributed by atoms with Crippen LogP contribution in [0.1, 0.15) is 98.3 Å². The van der Waals surface area contributed by atoms with E-state index in [9.17, 15) is 24.0 Å². The molecular formula is C44H52O12. The van der Waals surface area contributed by atoms with Gasteiger partial charge in [0.25, 0.3) is 0 Å². The maximum Gasteiger partial charge on any atom is 0.343 e. The summed E-state index contributed by atoms with van der Waals surface area (Å²) in [6.07, 6.45) is 9.53. The molecule has 0 aliphatic heterocycles. The molecule has 56 heavy (non-hydrogen) atoms. The fraction of sp³-hybridized carbons (Fsp3) is 0.386. The van der Waals surface area contributed by atoms with Crippen molar-refractivity contribution in [2.24, 2.45) is 0 Å². The Kier molecular flexibility index (Phi) is 20.6. The summed E-state index contributed by atoms with van der Waals surface area (Å²) in [5.41, 5.74) is 1.06. The highest BCUT2D eigenvalue weighted by Gasteiger charge is 2.12. The zero-order chi connectivity index (χ0) is 40.4. The molecule has 0 bridgehead atoms. The van der Waals surface area contributed by atoms with Crippen molar-refractivity contribution >= 4 is 29.8 Å². The van der Waals surface area contributed by atoms with Crippen molar-refractivity contribution in [1.82, 2.24) is 0 Å². The molecule has 0 aliphatic rings. The van der Waals surface area contributed by atoms with Gasteiger partial charge in [0.2, 0.25) is 0 Å². The minimum absolute atomic E-state index is 0.252. The third kappa shape index (κ3) is 18.4. The van der Waals surface area contributed by atoms with Crippen LogP contribution in [0.15, 0.2) is 97.6 Å². The largest absolute Gasteiger partial charge is 0.494 e. The van der Waals surface area contributed by atoms with Gasteiger partial charge in [-0.3, -0.25) is 4.79 Å². The maximum atomic E-state index is 12.7. The fourth-order valence-corrected chi connectivity index (χ4v) is 4.93. The van der Waals surface area contributed by atoms with Gasteiger partial charge in [-0.25, -0.2) is 19.2 Å². The number of carbonyl (C=O) groups excluding carboxylic acids is 5. The molecule has 12 nitrogen and oxygen atoms in total. The van der Waals surface area contributed by atoms with Crippen LogP contribution in [-0.2, 0) is 28.6 Å². The molecule has 0 spiro atoms. The van der Waals surface area contributed by atoms with Crippen molar-refractivity contribution in [2.45, 2.75) is 77.6 Å². The van der Waals surface area contributed by atoms with Crippen molar-refractivity contribution < 1.29 is 57.1 Å². The molecule has 3 aromatic rings. The Morgan fingerprint density at radius 3 is 1.34 bits per heavy atom. The molecule has 0 unspecified atom stereocenters. The summed E-state index contributed by atoms with van der Waals surface area (Å²) >= 11 is 0. The summed E-state index contributed by atoms with van der Waals surface area (Å²) in [6, 6.07) is 19.5. The molecule has 3 aromatic carbocycles. The number of hydrogen-bond acceptors (Lipinski definition) is 12. The first-order chi connectivity index (χ1) is 27.1. The summed E-state index contributed by atoms with van der Waals surface area (Å²) in [5, 5.41) is 0. The highest BCUT2D eigenvalue weighted by atomic mass is 16.6. The summed E-state index contributed by atoms with van der Waals surface area (Å²) < 4.78 is 37.7. The van der Waals surface area contributed by atoms with Crippen molar-refractivity contribution in [3.05, 3.63) is 109 Å². The van der Waals surface area contributed by atoms with Gasteiger partial charge in [0.05, 0.1) is 44.2 Å². The number of carbonyl (C=O) groups is 5. The van der Waals surface area contributed by atoms with Gasteiger partial charge in [0.1, 0.15) is 23.0 Å². The first-order valence-electron chi connectivity index (χ1n) is 18.9. The summed E-state index contributed by atoms with van der Waals surface area (Å²) in [7, 11) is 0. The van der Waals surface area contributed by atoms with E-state index in [1.807, 2.05) is 0 Å². The van der Waals surface area contributed by atoms with Gasteiger partial charge in [-0.1, -0.05) is 13.2 Å². The standard InChI is InChI=1S/C44H52O12/c1-4-40(45)52-30-12-7-5-10-28-50-36-20-16-34(17-21-36)43(48)55-38-24-26-39(27-25-38)56-44(49)35-18-22-37(23-19-35)51-29-11-6-8-13-31-53-41(46)15-9-14-32-54-42(47)33(2)3/h4,16-27H,1-2,5-15,28-32H2,3H3. The predicted octanol–water partition coefficient (Wildman–Crippen LogP) is 8.57. The smallest absolute Gasteiger partial charge is 0.343 e. The predicted molar refractivity (Wildman–Crippen MR) is 209 cm³/mol. The van der Waals surface area contributed by atoms with Gasteiger partial charge in [0.15, 0.2) is 0 Å². The molecule has 0 aliphatic carbocycles. The lowest BCUT2D eigenvalue weighted by molar-refractivity contribution is -0.144. The molecule has 300 valence electrons. The Hall–Kier alpha value is -5.91. The number of unbranched alkanes of at least 4 members (excludes halogenated alkanes) is 7. The minimum Gasteiger partial charge on any atom is -0.494 e. The van der Waals surface area contributed by atoms with Crippen LogP contribution >= 0.6 is 0 Å². The zero-order valence-corrected chi connectivity index (χ0v) is 32.1. The average Bonchev–Trinajstić information content (AvgIpc) is 3.20. The molecule has 0 heterocycles. The maximum absolute atomic E-state index is 12.7. The first kappa shape index (κ1) is 44.5. The lowest BCUT2D eigenvalue weighted by Crippen LogP contribution is -2.10. The number of hydrogen-bond donors (Lipinski definition) is 0. The van der Waals surface area contributed by atoms with Gasteiger partial charge in [-0.2, -0.15) is 0 Å². The van der Waals surface area contributed by atoms with Crippen LogP contribution in [0.4, 0.5) is 0 Å². The average molecular weight is 773 g/mol. The topological polar surface area (TPSA) is 150 Å². The SMILES string of the molecule is C=CC(=O)OCCCCCCOc1ccc(C(=O)Oc2ccc(OC(=O)c3ccc(OCCCCCCOC(=O)CCCCOC(=O)C(=C)C)cc3)cc2)cc1. The Morgan fingerprint density at radius 1 is 0.500 bits per heavy atom. The second-order valence-electron chi connectivity index (χ2n) is 12.8. The monoisotopic (exact) mass is 772 g/mol. The number of benzene rings is 3. The fourth-order valence-electron chi connectivity index (χ4n) is 4.93. The van der Waals surface area contributed by atoms with E-state index in [1.54, 1.807) is 79.7 Å². The molecule has 0 saturated heterocycles. The highest BCUT2D eigenvalue weighted by Crippen LogP contribution is 2.22. The Labute approximate surface area is 328 Å². The van der Waals surface area contributed by atoms with Gasteiger partial charge >= 0.3 is 29.8 Å². The lowest BCUT2D eigenvalue weighted by Gasteiger charge is -2.09. The Morgan fingerprint density at radius 2 is 0.893 bits per heavy atom. The summed E-state index contributed by atoms with van der Waals surface area (Å²) in [6.45, 7) is 10.5. The second kappa shape index (κ2) is 26.0.